The van der Waals surface area contributed by atoms with Gasteiger partial charge in [-0.3, -0.25) is 0 Å². The van der Waals surface area contributed by atoms with Crippen molar-refractivity contribution in [3.05, 3.63) is 0 Å². The molecule has 5 atom stereocenters. The van der Waals surface area contributed by atoms with E-state index in [0.717, 1.165) is 19.3 Å². The van der Waals surface area contributed by atoms with Crippen molar-refractivity contribution in [1.29, 1.82) is 5.26 Å². The van der Waals surface area contributed by atoms with Crippen LogP contribution in [0.25, 0.3) is 0 Å². The summed E-state index contributed by atoms with van der Waals surface area (Å²) in [6.45, 7) is 4.31. The van der Waals surface area contributed by atoms with Gasteiger partial charge in [0.25, 0.3) is 0 Å². The van der Waals surface area contributed by atoms with Crippen molar-refractivity contribution in [2.24, 2.45) is 17.8 Å². The maximum atomic E-state index is 9.95. The van der Waals surface area contributed by atoms with Crippen LogP contribution in [-0.2, 0) is 4.74 Å². The molecule has 0 saturated heterocycles. The summed E-state index contributed by atoms with van der Waals surface area (Å²) in [5.41, 5.74) is -0.484. The van der Waals surface area contributed by atoms with Gasteiger partial charge in [-0.15, -0.1) is 0 Å². The second-order valence-electron chi connectivity index (χ2n) is 6.36. The quantitative estimate of drug-likeness (QED) is 0.486. The molecule has 3 nitrogen and oxygen atoms in total. The summed E-state index contributed by atoms with van der Waals surface area (Å²) in [6.07, 6.45) is 3.33. The lowest BCUT2D eigenvalue weighted by molar-refractivity contribution is 0.0306. The van der Waals surface area contributed by atoms with Crippen LogP contribution < -0.4 is 0 Å². The standard InChI is InChI=1S/C16H22BrNO2/c1-16(2,20-8-4-7-18)6-3-5-11-9-12-10-13(11)14(17)15(12)19/h11-15,19H,4-5,8-10H2,1-2H3. The van der Waals surface area contributed by atoms with E-state index in [2.05, 4.69) is 33.8 Å². The fraction of sp³-hybridized carbons (Fsp3) is 0.812. The number of aliphatic hydroxyl groups excluding tert-OH is 1. The summed E-state index contributed by atoms with van der Waals surface area (Å²) in [4.78, 5) is 0.243. The van der Waals surface area contributed by atoms with Gasteiger partial charge in [0.05, 0.1) is 25.2 Å². The maximum absolute atomic E-state index is 9.95. The summed E-state index contributed by atoms with van der Waals surface area (Å²) in [7, 11) is 0. The Morgan fingerprint density at radius 3 is 2.75 bits per heavy atom. The lowest BCUT2D eigenvalue weighted by atomic mass is 9.85. The SMILES string of the molecule is CC(C)(C#CCC1CC2CC1C(Br)C2O)OCCC#N. The molecule has 0 aliphatic heterocycles. The minimum absolute atomic E-state index is 0.171. The number of hydrogen-bond donors (Lipinski definition) is 1. The molecule has 2 fully saturated rings. The van der Waals surface area contributed by atoms with E-state index in [1.165, 1.54) is 0 Å². The molecule has 0 spiro atoms. The zero-order valence-corrected chi connectivity index (χ0v) is 13.7. The monoisotopic (exact) mass is 339 g/mol. The third kappa shape index (κ3) is 3.55. The zero-order chi connectivity index (χ0) is 14.8. The number of nitrogens with zero attached hydrogens (tertiary/aromatic N) is 1. The van der Waals surface area contributed by atoms with Crippen LogP contribution in [-0.4, -0.2) is 28.2 Å². The first-order valence-corrected chi connectivity index (χ1v) is 8.19. The van der Waals surface area contributed by atoms with Crippen LogP contribution in [0.15, 0.2) is 0 Å². The van der Waals surface area contributed by atoms with E-state index >= 15 is 0 Å². The van der Waals surface area contributed by atoms with Crippen molar-refractivity contribution >= 4 is 15.9 Å². The van der Waals surface area contributed by atoms with E-state index in [-0.39, 0.29) is 10.9 Å². The van der Waals surface area contributed by atoms with Crippen molar-refractivity contribution in [3.8, 4) is 17.9 Å². The van der Waals surface area contributed by atoms with Gasteiger partial charge in [-0.2, -0.15) is 5.26 Å². The maximum Gasteiger partial charge on any atom is 0.123 e. The van der Waals surface area contributed by atoms with Crippen LogP contribution in [0.4, 0.5) is 0 Å². The molecule has 0 amide bonds. The highest BCUT2D eigenvalue weighted by Gasteiger charge is 2.50. The van der Waals surface area contributed by atoms with Gasteiger partial charge < -0.3 is 9.84 Å². The molecule has 2 aliphatic carbocycles. The molecule has 0 heterocycles. The molecule has 20 heavy (non-hydrogen) atoms. The fourth-order valence-electron chi connectivity index (χ4n) is 3.40. The third-order valence-corrected chi connectivity index (χ3v) is 5.66. The topological polar surface area (TPSA) is 53.2 Å². The molecule has 2 aliphatic rings. The lowest BCUT2D eigenvalue weighted by Crippen LogP contribution is -2.32. The molecule has 1 N–H and O–H groups in total. The molecule has 2 saturated carbocycles. The van der Waals surface area contributed by atoms with E-state index in [0.29, 0.717) is 30.8 Å². The summed E-state index contributed by atoms with van der Waals surface area (Å²) in [5, 5.41) is 18.5. The molecular formula is C16H22BrNO2. The number of alkyl halides is 1. The van der Waals surface area contributed by atoms with Crippen LogP contribution in [0, 0.1) is 40.9 Å². The molecule has 110 valence electrons. The zero-order valence-electron chi connectivity index (χ0n) is 12.1. The molecule has 0 radical (unpaired) electrons. The van der Waals surface area contributed by atoms with Crippen LogP contribution in [0.2, 0.25) is 0 Å². The van der Waals surface area contributed by atoms with Gasteiger partial charge in [-0.1, -0.05) is 27.8 Å². The smallest absolute Gasteiger partial charge is 0.123 e. The Kier molecular flexibility index (Phi) is 5.13. The Balaban J connectivity index is 1.82. The highest BCUT2D eigenvalue weighted by atomic mass is 79.9. The van der Waals surface area contributed by atoms with Gasteiger partial charge >= 0.3 is 0 Å². The van der Waals surface area contributed by atoms with Gasteiger partial charge in [0.2, 0.25) is 0 Å². The van der Waals surface area contributed by atoms with Crippen molar-refractivity contribution in [2.75, 3.05) is 6.61 Å². The Bertz CT molecular complexity index is 444. The average Bonchev–Trinajstić information content (AvgIpc) is 2.91. The Labute approximate surface area is 129 Å². The number of nitriles is 1. The van der Waals surface area contributed by atoms with Gasteiger partial charge in [0.1, 0.15) is 5.60 Å². The number of ether oxygens (including phenoxy) is 1. The van der Waals surface area contributed by atoms with Crippen molar-refractivity contribution in [1.82, 2.24) is 0 Å². The molecule has 2 rings (SSSR count). The third-order valence-electron chi connectivity index (χ3n) is 4.43. The first-order valence-electron chi connectivity index (χ1n) is 7.27. The number of fused-ring (bicyclic) bond motifs is 2. The molecule has 0 aromatic carbocycles. The molecule has 2 bridgehead atoms. The highest BCUT2D eigenvalue weighted by molar-refractivity contribution is 9.09. The summed E-state index contributed by atoms with van der Waals surface area (Å²) < 4.78 is 5.59. The lowest BCUT2D eigenvalue weighted by Gasteiger charge is -2.28. The number of aliphatic hydroxyl groups is 1. The minimum atomic E-state index is -0.484. The fourth-order valence-corrected chi connectivity index (χ4v) is 4.48. The Hall–Kier alpha value is -0.550. The first kappa shape index (κ1) is 15.8. The van der Waals surface area contributed by atoms with Crippen LogP contribution in [0.3, 0.4) is 0 Å². The van der Waals surface area contributed by atoms with Gasteiger partial charge in [-0.05, 0) is 44.4 Å². The Morgan fingerprint density at radius 1 is 1.40 bits per heavy atom. The summed E-state index contributed by atoms with van der Waals surface area (Å²) in [6, 6.07) is 2.07. The van der Waals surface area contributed by atoms with Crippen LogP contribution >= 0.6 is 15.9 Å². The number of halogens is 1. The van der Waals surface area contributed by atoms with Gasteiger partial charge in [0.15, 0.2) is 0 Å². The van der Waals surface area contributed by atoms with E-state index in [4.69, 9.17) is 10.00 Å². The Morgan fingerprint density at radius 2 is 2.15 bits per heavy atom. The van der Waals surface area contributed by atoms with E-state index in [1.807, 2.05) is 13.8 Å². The van der Waals surface area contributed by atoms with E-state index in [9.17, 15) is 5.11 Å². The number of rotatable bonds is 4. The van der Waals surface area contributed by atoms with Crippen molar-refractivity contribution in [2.45, 2.75) is 56.1 Å². The first-order chi connectivity index (χ1) is 9.44. The molecule has 5 unspecified atom stereocenters. The van der Waals surface area contributed by atoms with Crippen LogP contribution in [0.5, 0.6) is 0 Å². The number of hydrogen-bond acceptors (Lipinski definition) is 3. The van der Waals surface area contributed by atoms with Crippen LogP contribution in [0.1, 0.15) is 39.5 Å². The molecule has 0 aromatic heterocycles. The second-order valence-corrected chi connectivity index (χ2v) is 7.42. The van der Waals surface area contributed by atoms with E-state index < -0.39 is 5.60 Å². The highest BCUT2D eigenvalue weighted by Crippen LogP contribution is 2.52. The molecule has 0 aromatic rings. The molecular weight excluding hydrogens is 318 g/mol. The predicted octanol–water partition coefficient (Wildman–Crippen LogP) is 2.87. The largest absolute Gasteiger partial charge is 0.392 e. The second kappa shape index (κ2) is 6.48. The van der Waals surface area contributed by atoms with E-state index in [1.54, 1.807) is 0 Å². The normalized spacial score (nSPS) is 35.5. The van der Waals surface area contributed by atoms with Crippen molar-refractivity contribution < 1.29 is 9.84 Å². The predicted molar refractivity (Wildman–Crippen MR) is 81.1 cm³/mol. The summed E-state index contributed by atoms with van der Waals surface area (Å²) in [5.74, 6) is 8.03. The minimum Gasteiger partial charge on any atom is -0.392 e. The molecule has 4 heteroatoms. The van der Waals surface area contributed by atoms with Gasteiger partial charge in [0, 0.05) is 11.2 Å². The van der Waals surface area contributed by atoms with Crippen molar-refractivity contribution in [3.63, 3.8) is 0 Å². The summed E-state index contributed by atoms with van der Waals surface area (Å²) >= 11 is 3.62. The average molecular weight is 340 g/mol. The van der Waals surface area contributed by atoms with Gasteiger partial charge in [-0.25, -0.2) is 0 Å².